The Kier molecular flexibility index (Phi) is 5.00. The molecule has 1 heterocycles. The molecule has 0 atom stereocenters. The number of amides is 1. The average Bonchev–Trinajstić information content (AvgIpc) is 2.62. The van der Waals surface area contributed by atoms with E-state index in [-0.39, 0.29) is 5.91 Å². The van der Waals surface area contributed by atoms with E-state index in [1.807, 2.05) is 23.6 Å². The Morgan fingerprint density at radius 2 is 2.22 bits per heavy atom. The van der Waals surface area contributed by atoms with Crippen LogP contribution in [-0.4, -0.2) is 36.3 Å². The van der Waals surface area contributed by atoms with Gasteiger partial charge in [-0.25, -0.2) is 4.68 Å². The van der Waals surface area contributed by atoms with Crippen LogP contribution in [0.4, 0.5) is 11.5 Å². The Balaban J connectivity index is 2.83. The van der Waals surface area contributed by atoms with Crippen molar-refractivity contribution in [2.45, 2.75) is 33.2 Å². The standard InChI is InChI=1S/C12H23N5O/c1-5-7-17-12(11(13)9(2)15-17)16(4)8-6-10(18)14-3/h5-8,13H2,1-4H3,(H,14,18). The molecule has 0 radical (unpaired) electrons. The maximum absolute atomic E-state index is 11.3. The van der Waals surface area contributed by atoms with Crippen molar-refractivity contribution in [3.05, 3.63) is 5.69 Å². The van der Waals surface area contributed by atoms with Gasteiger partial charge in [0, 0.05) is 33.6 Å². The summed E-state index contributed by atoms with van der Waals surface area (Å²) < 4.78 is 1.91. The second kappa shape index (κ2) is 6.28. The van der Waals surface area contributed by atoms with Gasteiger partial charge in [0.1, 0.15) is 5.82 Å². The topological polar surface area (TPSA) is 76.2 Å². The summed E-state index contributed by atoms with van der Waals surface area (Å²) in [7, 11) is 3.57. The van der Waals surface area contributed by atoms with Gasteiger partial charge in [0.05, 0.1) is 11.4 Å². The molecule has 0 spiro atoms. The lowest BCUT2D eigenvalue weighted by molar-refractivity contribution is -0.120. The molecule has 0 bridgehead atoms. The number of hydrogen-bond acceptors (Lipinski definition) is 4. The van der Waals surface area contributed by atoms with Crippen LogP contribution in [0.1, 0.15) is 25.5 Å². The van der Waals surface area contributed by atoms with Crippen molar-refractivity contribution >= 4 is 17.4 Å². The summed E-state index contributed by atoms with van der Waals surface area (Å²) in [4.78, 5) is 13.2. The van der Waals surface area contributed by atoms with Crippen molar-refractivity contribution in [3.8, 4) is 0 Å². The average molecular weight is 253 g/mol. The molecule has 0 fully saturated rings. The molecule has 1 amide bonds. The molecule has 3 N–H and O–H groups in total. The third kappa shape index (κ3) is 3.15. The second-order valence-corrected chi connectivity index (χ2v) is 4.39. The zero-order chi connectivity index (χ0) is 13.7. The van der Waals surface area contributed by atoms with E-state index >= 15 is 0 Å². The van der Waals surface area contributed by atoms with Crippen molar-refractivity contribution in [3.63, 3.8) is 0 Å². The smallest absolute Gasteiger partial charge is 0.221 e. The first-order valence-corrected chi connectivity index (χ1v) is 6.25. The van der Waals surface area contributed by atoms with E-state index < -0.39 is 0 Å². The first kappa shape index (κ1) is 14.3. The van der Waals surface area contributed by atoms with Crippen LogP contribution < -0.4 is 16.0 Å². The van der Waals surface area contributed by atoms with E-state index in [0.29, 0.717) is 18.7 Å². The van der Waals surface area contributed by atoms with E-state index in [1.54, 1.807) is 7.05 Å². The summed E-state index contributed by atoms with van der Waals surface area (Å²) in [5.74, 6) is 0.928. The van der Waals surface area contributed by atoms with Gasteiger partial charge >= 0.3 is 0 Å². The number of aryl methyl sites for hydroxylation is 2. The van der Waals surface area contributed by atoms with Gasteiger partial charge in [0.2, 0.25) is 5.91 Å². The summed E-state index contributed by atoms with van der Waals surface area (Å²) in [5.41, 5.74) is 7.58. The van der Waals surface area contributed by atoms with Crippen LogP contribution >= 0.6 is 0 Å². The minimum Gasteiger partial charge on any atom is -0.394 e. The van der Waals surface area contributed by atoms with Crippen molar-refractivity contribution in [1.29, 1.82) is 0 Å². The number of nitrogen functional groups attached to an aromatic ring is 1. The number of rotatable bonds is 6. The highest BCUT2D eigenvalue weighted by atomic mass is 16.1. The molecule has 0 saturated heterocycles. The number of carbonyl (C=O) groups is 1. The number of carbonyl (C=O) groups excluding carboxylic acids is 1. The van der Waals surface area contributed by atoms with Crippen LogP contribution in [0.25, 0.3) is 0 Å². The Hall–Kier alpha value is -1.72. The van der Waals surface area contributed by atoms with Crippen molar-refractivity contribution in [2.24, 2.45) is 0 Å². The zero-order valence-electron chi connectivity index (χ0n) is 11.7. The molecular weight excluding hydrogens is 230 g/mol. The predicted octanol–water partition coefficient (Wildman–Crippen LogP) is 0.756. The van der Waals surface area contributed by atoms with Crippen molar-refractivity contribution < 1.29 is 4.79 Å². The molecule has 0 aliphatic rings. The third-order valence-electron chi connectivity index (χ3n) is 2.90. The molecule has 102 valence electrons. The van der Waals surface area contributed by atoms with Gasteiger partial charge in [0.15, 0.2) is 0 Å². The quantitative estimate of drug-likeness (QED) is 0.784. The van der Waals surface area contributed by atoms with Crippen molar-refractivity contribution in [2.75, 3.05) is 31.3 Å². The van der Waals surface area contributed by atoms with Crippen LogP contribution in [0.5, 0.6) is 0 Å². The van der Waals surface area contributed by atoms with Gasteiger partial charge in [-0.1, -0.05) is 6.92 Å². The Morgan fingerprint density at radius 3 is 2.78 bits per heavy atom. The fourth-order valence-electron chi connectivity index (χ4n) is 1.85. The monoisotopic (exact) mass is 253 g/mol. The number of aromatic nitrogens is 2. The van der Waals surface area contributed by atoms with Gasteiger partial charge in [-0.15, -0.1) is 0 Å². The second-order valence-electron chi connectivity index (χ2n) is 4.39. The first-order valence-electron chi connectivity index (χ1n) is 6.25. The summed E-state index contributed by atoms with van der Waals surface area (Å²) in [5, 5.41) is 7.03. The summed E-state index contributed by atoms with van der Waals surface area (Å²) in [6.07, 6.45) is 1.44. The molecule has 0 unspecified atom stereocenters. The number of nitrogens with two attached hydrogens (primary N) is 1. The van der Waals surface area contributed by atoms with Crippen LogP contribution in [-0.2, 0) is 11.3 Å². The molecule has 0 aliphatic carbocycles. The molecule has 6 nitrogen and oxygen atoms in total. The zero-order valence-corrected chi connectivity index (χ0v) is 11.7. The SMILES string of the molecule is CCCn1nc(C)c(N)c1N(C)CCC(=O)NC. The highest BCUT2D eigenvalue weighted by Gasteiger charge is 2.16. The molecule has 0 aliphatic heterocycles. The van der Waals surface area contributed by atoms with Gasteiger partial charge < -0.3 is 16.0 Å². The third-order valence-corrected chi connectivity index (χ3v) is 2.90. The molecule has 1 rings (SSSR count). The molecular formula is C12H23N5O. The Morgan fingerprint density at radius 1 is 1.56 bits per heavy atom. The van der Waals surface area contributed by atoms with Crippen LogP contribution in [0.2, 0.25) is 0 Å². The van der Waals surface area contributed by atoms with Gasteiger partial charge in [-0.3, -0.25) is 4.79 Å². The normalized spacial score (nSPS) is 10.4. The number of nitrogens with zero attached hydrogens (tertiary/aromatic N) is 3. The Bertz CT molecular complexity index is 413. The van der Waals surface area contributed by atoms with E-state index in [1.165, 1.54) is 0 Å². The largest absolute Gasteiger partial charge is 0.394 e. The summed E-state index contributed by atoms with van der Waals surface area (Å²) >= 11 is 0. The van der Waals surface area contributed by atoms with Crippen LogP contribution in [0.3, 0.4) is 0 Å². The number of hydrogen-bond donors (Lipinski definition) is 2. The maximum Gasteiger partial charge on any atom is 0.221 e. The Labute approximate surface area is 108 Å². The van der Waals surface area contributed by atoms with Gasteiger partial charge in [0.25, 0.3) is 0 Å². The highest BCUT2D eigenvalue weighted by molar-refractivity contribution is 5.76. The molecule has 0 aromatic carbocycles. The molecule has 6 heteroatoms. The van der Waals surface area contributed by atoms with Crippen LogP contribution in [0, 0.1) is 6.92 Å². The van der Waals surface area contributed by atoms with Crippen LogP contribution in [0.15, 0.2) is 0 Å². The predicted molar refractivity (Wildman–Crippen MR) is 73.6 cm³/mol. The lowest BCUT2D eigenvalue weighted by atomic mass is 10.3. The molecule has 0 saturated carbocycles. The van der Waals surface area contributed by atoms with E-state index in [0.717, 1.165) is 24.5 Å². The maximum atomic E-state index is 11.3. The van der Waals surface area contributed by atoms with E-state index in [2.05, 4.69) is 17.3 Å². The molecule has 1 aromatic rings. The fraction of sp³-hybridized carbons (Fsp3) is 0.667. The highest BCUT2D eigenvalue weighted by Crippen LogP contribution is 2.25. The van der Waals surface area contributed by atoms with Gasteiger partial charge in [-0.05, 0) is 13.3 Å². The van der Waals surface area contributed by atoms with E-state index in [9.17, 15) is 4.79 Å². The summed E-state index contributed by atoms with van der Waals surface area (Å²) in [6.45, 7) is 5.45. The van der Waals surface area contributed by atoms with Crippen molar-refractivity contribution in [1.82, 2.24) is 15.1 Å². The molecule has 18 heavy (non-hydrogen) atoms. The fourth-order valence-corrected chi connectivity index (χ4v) is 1.85. The molecule has 1 aromatic heterocycles. The lowest BCUT2D eigenvalue weighted by Gasteiger charge is -2.20. The minimum absolute atomic E-state index is 0.0266. The lowest BCUT2D eigenvalue weighted by Crippen LogP contribution is -2.28. The van der Waals surface area contributed by atoms with Gasteiger partial charge in [-0.2, -0.15) is 5.10 Å². The number of nitrogens with one attached hydrogen (secondary N) is 1. The number of anilines is 2. The first-order chi connectivity index (χ1) is 8.51. The van der Waals surface area contributed by atoms with E-state index in [4.69, 9.17) is 5.73 Å². The minimum atomic E-state index is 0.0266. The summed E-state index contributed by atoms with van der Waals surface area (Å²) in [6, 6.07) is 0.